The van der Waals surface area contributed by atoms with Crippen molar-refractivity contribution in [2.75, 3.05) is 20.1 Å². The predicted octanol–water partition coefficient (Wildman–Crippen LogP) is 3.68. The predicted molar refractivity (Wildman–Crippen MR) is 90.7 cm³/mol. The van der Waals surface area contributed by atoms with Crippen LogP contribution in [0.2, 0.25) is 0 Å². The van der Waals surface area contributed by atoms with Crippen molar-refractivity contribution in [1.82, 2.24) is 9.88 Å². The van der Waals surface area contributed by atoms with Crippen molar-refractivity contribution in [2.45, 2.75) is 30.7 Å². The van der Waals surface area contributed by atoms with Gasteiger partial charge in [-0.25, -0.2) is 0 Å². The van der Waals surface area contributed by atoms with Crippen molar-refractivity contribution in [3.05, 3.63) is 59.9 Å². The number of nitrogens with zero attached hydrogens (tertiary/aromatic N) is 2. The second kappa shape index (κ2) is 7.25. The Morgan fingerprint density at radius 2 is 1.77 bits per heavy atom. The van der Waals surface area contributed by atoms with Gasteiger partial charge in [-0.1, -0.05) is 18.2 Å². The molecule has 1 atom stereocenters. The van der Waals surface area contributed by atoms with Gasteiger partial charge in [-0.2, -0.15) is 0 Å². The van der Waals surface area contributed by atoms with Gasteiger partial charge in [0, 0.05) is 11.6 Å². The monoisotopic (exact) mass is 366 g/mol. The summed E-state index contributed by atoms with van der Waals surface area (Å²) in [5.41, 5.74) is 0.753. The molecule has 3 rings (SSSR count). The van der Waals surface area contributed by atoms with Crippen LogP contribution in [0.5, 0.6) is 5.75 Å². The molecular weight excluding hydrogens is 345 g/mol. The summed E-state index contributed by atoms with van der Waals surface area (Å²) in [6.07, 6.45) is -2.57. The number of rotatable bonds is 4. The highest BCUT2D eigenvalue weighted by atomic mass is 19.4. The lowest BCUT2D eigenvalue weighted by Gasteiger charge is -2.44. The molecule has 1 aromatic carbocycles. The molecule has 2 heterocycles. The first-order valence-electron chi connectivity index (χ1n) is 8.44. The Morgan fingerprint density at radius 1 is 1.12 bits per heavy atom. The van der Waals surface area contributed by atoms with Crippen LogP contribution in [0, 0.1) is 0 Å². The molecule has 0 amide bonds. The minimum atomic E-state index is -4.72. The van der Waals surface area contributed by atoms with E-state index in [0.717, 1.165) is 18.7 Å². The number of halogens is 3. The van der Waals surface area contributed by atoms with E-state index in [1.807, 2.05) is 13.1 Å². The van der Waals surface area contributed by atoms with Crippen LogP contribution in [0.1, 0.15) is 30.2 Å². The molecule has 0 spiro atoms. The molecule has 1 saturated heterocycles. The average molecular weight is 366 g/mol. The van der Waals surface area contributed by atoms with Crippen LogP contribution in [0.15, 0.2) is 48.7 Å². The molecule has 1 aromatic heterocycles. The molecule has 140 valence electrons. The van der Waals surface area contributed by atoms with Gasteiger partial charge in [0.15, 0.2) is 0 Å². The summed E-state index contributed by atoms with van der Waals surface area (Å²) >= 11 is 0. The summed E-state index contributed by atoms with van der Waals surface area (Å²) in [5, 5.41) is 11.1. The SMILES string of the molecule is CN1CCC(c2ccc(OC(F)(F)F)cc2)(C(O)c2ccccn2)CC1. The number of alkyl halides is 3. The Hall–Kier alpha value is -2.12. The number of ether oxygens (including phenoxy) is 1. The topological polar surface area (TPSA) is 45.6 Å². The number of aliphatic hydroxyl groups is 1. The smallest absolute Gasteiger partial charge is 0.406 e. The van der Waals surface area contributed by atoms with Crippen LogP contribution in [-0.2, 0) is 5.41 Å². The first kappa shape index (κ1) is 18.7. The Labute approximate surface area is 150 Å². The fourth-order valence-electron chi connectivity index (χ4n) is 3.55. The van der Waals surface area contributed by atoms with Crippen molar-refractivity contribution in [2.24, 2.45) is 0 Å². The second-order valence-electron chi connectivity index (χ2n) is 6.69. The van der Waals surface area contributed by atoms with Crippen LogP contribution in [0.4, 0.5) is 13.2 Å². The van der Waals surface area contributed by atoms with Gasteiger partial charge in [0.2, 0.25) is 0 Å². The van der Waals surface area contributed by atoms with Gasteiger partial charge in [-0.3, -0.25) is 4.98 Å². The van der Waals surface area contributed by atoms with Crippen LogP contribution in [0.25, 0.3) is 0 Å². The molecule has 0 saturated carbocycles. The quantitative estimate of drug-likeness (QED) is 0.897. The van der Waals surface area contributed by atoms with Crippen LogP contribution < -0.4 is 4.74 Å². The molecule has 1 fully saturated rings. The maximum absolute atomic E-state index is 12.4. The highest BCUT2D eigenvalue weighted by molar-refractivity contribution is 5.35. The summed E-state index contributed by atoms with van der Waals surface area (Å²) in [7, 11) is 2.01. The molecule has 1 N–H and O–H groups in total. The number of likely N-dealkylation sites (tertiary alicyclic amines) is 1. The summed E-state index contributed by atoms with van der Waals surface area (Å²) in [4.78, 5) is 6.44. The number of aromatic nitrogens is 1. The molecule has 2 aromatic rings. The van der Waals surface area contributed by atoms with E-state index in [9.17, 15) is 18.3 Å². The van der Waals surface area contributed by atoms with Gasteiger partial charge in [0.1, 0.15) is 11.9 Å². The third kappa shape index (κ3) is 3.99. The first-order chi connectivity index (χ1) is 12.3. The van der Waals surface area contributed by atoms with Crippen molar-refractivity contribution in [3.63, 3.8) is 0 Å². The molecule has 26 heavy (non-hydrogen) atoms. The lowest BCUT2D eigenvalue weighted by molar-refractivity contribution is -0.274. The first-order valence-corrected chi connectivity index (χ1v) is 8.44. The van der Waals surface area contributed by atoms with Gasteiger partial charge >= 0.3 is 6.36 Å². The van der Waals surface area contributed by atoms with E-state index in [1.165, 1.54) is 12.1 Å². The van der Waals surface area contributed by atoms with Gasteiger partial charge in [-0.05, 0) is 62.8 Å². The Balaban J connectivity index is 1.94. The highest BCUT2D eigenvalue weighted by Crippen LogP contribution is 2.45. The van der Waals surface area contributed by atoms with E-state index in [1.54, 1.807) is 30.5 Å². The van der Waals surface area contributed by atoms with Crippen molar-refractivity contribution >= 4 is 0 Å². The van der Waals surface area contributed by atoms with E-state index in [4.69, 9.17) is 0 Å². The molecular formula is C19H21F3N2O2. The molecule has 0 radical (unpaired) electrons. The number of hydrogen-bond donors (Lipinski definition) is 1. The summed E-state index contributed by atoms with van der Waals surface area (Å²) in [6, 6.07) is 11.2. The molecule has 1 unspecified atom stereocenters. The van der Waals surface area contributed by atoms with Crippen LogP contribution in [-0.4, -0.2) is 41.5 Å². The minimum absolute atomic E-state index is 0.267. The summed E-state index contributed by atoms with van der Waals surface area (Å²) in [5.74, 6) is -0.267. The van der Waals surface area contributed by atoms with E-state index in [-0.39, 0.29) is 5.75 Å². The second-order valence-corrected chi connectivity index (χ2v) is 6.69. The van der Waals surface area contributed by atoms with Crippen LogP contribution in [0.3, 0.4) is 0 Å². The van der Waals surface area contributed by atoms with E-state index in [0.29, 0.717) is 18.5 Å². The summed E-state index contributed by atoms with van der Waals surface area (Å²) < 4.78 is 41.1. The maximum atomic E-state index is 12.4. The number of piperidine rings is 1. The largest absolute Gasteiger partial charge is 0.573 e. The molecule has 1 aliphatic heterocycles. The Kier molecular flexibility index (Phi) is 5.20. The number of aliphatic hydroxyl groups excluding tert-OH is 1. The van der Waals surface area contributed by atoms with Crippen molar-refractivity contribution < 1.29 is 23.0 Å². The van der Waals surface area contributed by atoms with E-state index >= 15 is 0 Å². The zero-order valence-corrected chi connectivity index (χ0v) is 14.4. The zero-order chi connectivity index (χ0) is 18.8. The minimum Gasteiger partial charge on any atom is -0.406 e. The van der Waals surface area contributed by atoms with Crippen LogP contribution >= 0.6 is 0 Å². The van der Waals surface area contributed by atoms with E-state index < -0.39 is 17.9 Å². The Morgan fingerprint density at radius 3 is 2.31 bits per heavy atom. The van der Waals surface area contributed by atoms with Gasteiger partial charge < -0.3 is 14.7 Å². The zero-order valence-electron chi connectivity index (χ0n) is 14.4. The van der Waals surface area contributed by atoms with Crippen molar-refractivity contribution in [1.29, 1.82) is 0 Å². The van der Waals surface area contributed by atoms with Crippen molar-refractivity contribution in [3.8, 4) is 5.75 Å². The van der Waals surface area contributed by atoms with Gasteiger partial charge in [0.25, 0.3) is 0 Å². The molecule has 1 aliphatic rings. The third-order valence-electron chi connectivity index (χ3n) is 5.03. The van der Waals surface area contributed by atoms with Gasteiger partial charge in [-0.15, -0.1) is 13.2 Å². The summed E-state index contributed by atoms with van der Waals surface area (Å²) in [6.45, 7) is 1.56. The normalized spacial score (nSPS) is 19.1. The lowest BCUT2D eigenvalue weighted by Crippen LogP contribution is -2.45. The van der Waals surface area contributed by atoms with Gasteiger partial charge in [0.05, 0.1) is 5.69 Å². The van der Waals surface area contributed by atoms with E-state index in [2.05, 4.69) is 14.6 Å². The lowest BCUT2D eigenvalue weighted by atomic mass is 9.68. The standard InChI is InChI=1S/C19H21F3N2O2/c1-24-12-9-18(10-13-24,17(25)16-4-2-3-11-23-16)14-5-7-15(8-6-14)26-19(20,21)22/h2-8,11,17,25H,9-10,12-13H2,1H3. The fraction of sp³-hybridized carbons (Fsp3) is 0.421. The molecule has 4 nitrogen and oxygen atoms in total. The highest BCUT2D eigenvalue weighted by Gasteiger charge is 2.43. The third-order valence-corrected chi connectivity index (χ3v) is 5.03. The number of hydrogen-bond acceptors (Lipinski definition) is 4. The number of benzene rings is 1. The molecule has 0 bridgehead atoms. The fourth-order valence-corrected chi connectivity index (χ4v) is 3.55. The Bertz CT molecular complexity index is 712. The molecule has 7 heteroatoms. The number of pyridine rings is 1. The average Bonchev–Trinajstić information content (AvgIpc) is 2.62. The molecule has 0 aliphatic carbocycles. The maximum Gasteiger partial charge on any atom is 0.573 e.